The fourth-order valence-corrected chi connectivity index (χ4v) is 18.3. The first-order chi connectivity index (χ1) is 55.7. The van der Waals surface area contributed by atoms with Crippen LogP contribution in [0.3, 0.4) is 0 Å². The number of nitriles is 1. The number of nitrogens with zero attached hydrogens (tertiary/aromatic N) is 5. The van der Waals surface area contributed by atoms with Gasteiger partial charge in [-0.1, -0.05) is 185 Å². The summed E-state index contributed by atoms with van der Waals surface area (Å²) in [5.41, 5.74) is 8.38. The van der Waals surface area contributed by atoms with E-state index in [1.54, 1.807) is 0 Å². The van der Waals surface area contributed by atoms with Gasteiger partial charge in [-0.25, -0.2) is 10.1 Å². The second kappa shape index (κ2) is 39.7. The Morgan fingerprint density at radius 3 is 2.15 bits per heavy atom. The molecule has 2 fully saturated rings. The van der Waals surface area contributed by atoms with Crippen molar-refractivity contribution in [2.45, 2.75) is 200 Å². The van der Waals surface area contributed by atoms with Crippen LogP contribution in [-0.2, 0) is 68.7 Å². The van der Waals surface area contributed by atoms with Gasteiger partial charge in [-0.2, -0.15) is 4.58 Å². The fraction of sp³-hybridized carbons (Fsp3) is 0.479. The summed E-state index contributed by atoms with van der Waals surface area (Å²) in [6.45, 7) is 39.5. The van der Waals surface area contributed by atoms with E-state index in [9.17, 15) is 39.1 Å². The van der Waals surface area contributed by atoms with Gasteiger partial charge in [0.1, 0.15) is 36.3 Å². The molecule has 10 rings (SSSR count). The number of nitrogens with one attached hydrogen (secondary N) is 4. The molecule has 1 aliphatic carbocycles. The van der Waals surface area contributed by atoms with Crippen molar-refractivity contribution in [1.82, 2.24) is 20.9 Å². The van der Waals surface area contributed by atoms with Crippen molar-refractivity contribution in [2.24, 2.45) is 16.7 Å². The van der Waals surface area contributed by atoms with Crippen LogP contribution >= 0.6 is 34.4 Å². The number of benzene rings is 4. The van der Waals surface area contributed by atoms with E-state index < -0.39 is 70.2 Å². The number of rotatable bonds is 37. The highest BCUT2D eigenvalue weighted by atomic mass is 127. The molecule has 8 atom stereocenters. The van der Waals surface area contributed by atoms with E-state index in [4.69, 9.17) is 30.3 Å². The smallest absolute Gasteiger partial charge is 0.295 e. The predicted molar refractivity (Wildman–Crippen MR) is 467 cm³/mol. The minimum Gasteiger partial charge on any atom is -0.848 e. The number of halogens is 1. The molecule has 0 aromatic heterocycles. The van der Waals surface area contributed by atoms with Gasteiger partial charge in [-0.15, -0.1) is 11.8 Å². The lowest BCUT2D eigenvalue weighted by atomic mass is 9.67. The zero-order valence-electron chi connectivity index (χ0n) is 70.6. The van der Waals surface area contributed by atoms with Crippen molar-refractivity contribution < 1.29 is 67.0 Å². The number of allylic oxidation sites excluding steroid dienone is 14. The molecule has 5 amide bonds. The van der Waals surface area contributed by atoms with E-state index in [-0.39, 0.29) is 112 Å². The van der Waals surface area contributed by atoms with Gasteiger partial charge in [-0.05, 0) is 145 Å². The minimum absolute atomic E-state index is 0.0280. The molecular formula is C94H117IN9O12S+. The Bertz CT molecular complexity index is 4750. The Hall–Kier alpha value is -9.05. The zero-order chi connectivity index (χ0) is 84.7. The number of ether oxygens (including phenoxy) is 5. The van der Waals surface area contributed by atoms with E-state index in [0.29, 0.717) is 37.0 Å². The Labute approximate surface area is 709 Å². The summed E-state index contributed by atoms with van der Waals surface area (Å²) in [5, 5.41) is 35.6. The van der Waals surface area contributed by atoms with Crippen molar-refractivity contribution in [3.8, 4) is 6.07 Å². The highest BCUT2D eigenvalue weighted by Gasteiger charge is 2.54. The van der Waals surface area contributed by atoms with Crippen LogP contribution in [0.15, 0.2) is 185 Å². The van der Waals surface area contributed by atoms with Gasteiger partial charge >= 0.3 is 0 Å². The predicted octanol–water partition coefficient (Wildman–Crippen LogP) is 13.7. The van der Waals surface area contributed by atoms with Crippen LogP contribution in [0.2, 0.25) is 0 Å². The molecule has 6 aliphatic rings. The second-order valence-corrected chi connectivity index (χ2v) is 36.8. The summed E-state index contributed by atoms with van der Waals surface area (Å²) in [5.74, 6) is -1.09. The fourth-order valence-electron chi connectivity index (χ4n) is 16.7. The molecule has 0 radical (unpaired) electrons. The summed E-state index contributed by atoms with van der Waals surface area (Å²) in [6.07, 6.45) is 24.0. The molecule has 8 unspecified atom stereocenters. The number of unbranched alkanes of at least 4 members (excludes halogenated alkanes) is 2. The number of para-hydroxylation sites is 1. The van der Waals surface area contributed by atoms with Crippen molar-refractivity contribution in [1.29, 1.82) is 5.26 Å². The summed E-state index contributed by atoms with van der Waals surface area (Å²) < 4.78 is 32.4. The lowest BCUT2D eigenvalue weighted by Gasteiger charge is -2.48. The first-order valence-corrected chi connectivity index (χ1v) is 43.2. The molecule has 4 aromatic rings. The third kappa shape index (κ3) is 20.8. The molecule has 0 bridgehead atoms. The number of anilines is 1. The SMILES string of the molecule is [C-]#[N+]/C(C#N)=C1\C(=CC2[NH+](C(CCCC)C(=O)NCCN3C(=O)CC(SCC(NC(=O)CCOCCOCCOCCNC(=O)C(CCCC)N4\C(=C/C=C/C=C/C=C/C5=[N+](C)c6ccc(I)cc6C5(C)C)C(C)(C)c5c4ccc4ccccc54)OC=O)C3=O)c3ccccc3C2(C)C)C([O-])C1C=C1C=C(C(C)(C)C)OC(C(C)(C)C)=C1. The first-order valence-electron chi connectivity index (χ1n) is 41.0. The number of likely N-dealkylation sites (tertiary alicyclic amines) is 1. The molecule has 4 aromatic carbocycles. The molecule has 1 saturated heterocycles. The van der Waals surface area contributed by atoms with Crippen molar-refractivity contribution in [3.05, 3.63) is 217 Å². The Balaban J connectivity index is 0.659. The molecule has 117 heavy (non-hydrogen) atoms. The number of thioether (sulfide) groups is 1. The third-order valence-electron chi connectivity index (χ3n) is 23.0. The Morgan fingerprint density at radius 2 is 1.46 bits per heavy atom. The normalized spacial score (nSPS) is 21.8. The van der Waals surface area contributed by atoms with E-state index in [2.05, 4.69) is 241 Å². The maximum atomic E-state index is 14.8. The molecule has 23 heteroatoms. The summed E-state index contributed by atoms with van der Waals surface area (Å²) in [6, 6.07) is 27.7. The number of amides is 5. The van der Waals surface area contributed by atoms with Crippen LogP contribution in [0.1, 0.15) is 165 Å². The highest BCUT2D eigenvalue weighted by Crippen LogP contribution is 2.53. The number of carbonyl (C=O) groups excluding carboxylic acids is 6. The van der Waals surface area contributed by atoms with Gasteiger partial charge in [0.15, 0.2) is 18.0 Å². The maximum absolute atomic E-state index is 14.8. The van der Waals surface area contributed by atoms with Crippen molar-refractivity contribution in [2.75, 3.05) is 77.0 Å². The number of fused-ring (bicyclic) bond motifs is 5. The lowest BCUT2D eigenvalue weighted by molar-refractivity contribution is -0.868. The van der Waals surface area contributed by atoms with Crippen LogP contribution in [-0.4, -0.2) is 159 Å². The molecule has 4 N–H and O–H groups in total. The van der Waals surface area contributed by atoms with Crippen LogP contribution in [0.5, 0.6) is 0 Å². The minimum atomic E-state index is -1.32. The number of quaternary nitrogens is 1. The van der Waals surface area contributed by atoms with Crippen LogP contribution < -0.4 is 30.9 Å². The average Bonchev–Trinajstić information content (AvgIpc) is 1.62. The third-order valence-corrected chi connectivity index (χ3v) is 25.0. The molecule has 0 spiro atoms. The van der Waals surface area contributed by atoms with Gasteiger partial charge in [0.2, 0.25) is 29.3 Å². The van der Waals surface area contributed by atoms with E-state index in [1.165, 1.54) is 26.1 Å². The number of imide groups is 1. The molecule has 1 saturated carbocycles. The van der Waals surface area contributed by atoms with Gasteiger partial charge in [0.25, 0.3) is 18.1 Å². The number of hydrogen-bond acceptors (Lipinski definition) is 15. The second-order valence-electron chi connectivity index (χ2n) is 34.3. The van der Waals surface area contributed by atoms with Crippen molar-refractivity contribution >= 4 is 104 Å². The van der Waals surface area contributed by atoms with Gasteiger partial charge in [-0.3, -0.25) is 38.6 Å². The topological polar surface area (TPSA) is 250 Å². The standard InChI is InChI=1S/C94H116IN9O12S/c1-17-19-33-73(103-71-35-29-28-32-67(71)92(9,10)78(103)56-66-84(69(58-96)97-15)65(86(66)108)52-61-53-79(90(3,4)5)116-80(54-61)91(6,7)8)87(109)98-43-45-102-83(107)57-75(89(102)111)117-59-82(115-60-105)100-81(106)42-46-112-48-50-114-51-49-113-47-44-99-88(110)74(34-20-18-2)104-72-40-38-62-30-26-27-31-64(62)85(72)94(13,14)77(104)37-25-23-21-22-24-36-76-93(11,12)68-55-63(95)39-41-70(68)101(76)16/h21-32,35-41,52-56,60,65,73-75,78,82,86H,17-20,33-34,42-51,57,59H2,1-14,16H3,(H,98,109)(H,99,110)(H,100,106)/p+1/b66-56?,84-69-. The molecule has 5 heterocycles. The van der Waals surface area contributed by atoms with E-state index >= 15 is 0 Å². The maximum Gasteiger partial charge on any atom is 0.295 e. The Kier molecular flexibility index (Phi) is 30.6. The van der Waals surface area contributed by atoms with Crippen LogP contribution in [0.25, 0.3) is 15.6 Å². The average molecular weight is 1720 g/mol. The molecule has 5 aliphatic heterocycles. The van der Waals surface area contributed by atoms with Crippen molar-refractivity contribution in [3.63, 3.8) is 0 Å². The lowest BCUT2D eigenvalue weighted by Crippen LogP contribution is -3.16. The molecule has 622 valence electrons. The monoisotopic (exact) mass is 1720 g/mol. The van der Waals surface area contributed by atoms with Crippen LogP contribution in [0.4, 0.5) is 17.1 Å². The Morgan fingerprint density at radius 1 is 0.812 bits per heavy atom. The first kappa shape index (κ1) is 90.3. The highest BCUT2D eigenvalue weighted by molar-refractivity contribution is 14.1. The van der Waals surface area contributed by atoms with Gasteiger partial charge < -0.3 is 49.6 Å². The number of hydrogen-bond donors (Lipinski definition) is 4. The zero-order valence-corrected chi connectivity index (χ0v) is 73.6. The number of carbonyl (C=O) groups is 6. The quantitative estimate of drug-likeness (QED) is 0.00377. The largest absolute Gasteiger partial charge is 0.848 e. The molecular weight excluding hydrogens is 1610 g/mol. The summed E-state index contributed by atoms with van der Waals surface area (Å²) in [4.78, 5) is 89.3. The van der Waals surface area contributed by atoms with Crippen LogP contribution in [0, 0.1) is 38.2 Å². The van der Waals surface area contributed by atoms with Gasteiger partial charge in [0, 0.05) is 86.9 Å². The van der Waals surface area contributed by atoms with E-state index in [1.807, 2.05) is 67.6 Å². The van der Waals surface area contributed by atoms with E-state index in [0.717, 1.165) is 91.3 Å². The summed E-state index contributed by atoms with van der Waals surface area (Å²) in [7, 11) is 2.13. The van der Waals surface area contributed by atoms with Gasteiger partial charge in [0.05, 0.1) is 80.5 Å². The summed E-state index contributed by atoms with van der Waals surface area (Å²) >= 11 is 3.45. The molecule has 21 nitrogen and oxygen atoms in total.